The summed E-state index contributed by atoms with van der Waals surface area (Å²) < 4.78 is 18.8. The lowest BCUT2D eigenvalue weighted by molar-refractivity contribution is -0.130. The molecular formula is C18H19FN2O3. The lowest BCUT2D eigenvalue weighted by Crippen LogP contribution is -2.47. The molecule has 6 heteroatoms. The van der Waals surface area contributed by atoms with Crippen LogP contribution in [0.15, 0.2) is 28.7 Å². The zero-order valence-corrected chi connectivity index (χ0v) is 13.3. The molecule has 2 fully saturated rings. The molecular weight excluding hydrogens is 311 g/mol. The average molecular weight is 330 g/mol. The molecule has 2 saturated heterocycles. The van der Waals surface area contributed by atoms with Gasteiger partial charge in [-0.2, -0.15) is 0 Å². The van der Waals surface area contributed by atoms with E-state index in [1.54, 1.807) is 11.0 Å². The van der Waals surface area contributed by atoms with Crippen molar-refractivity contribution in [2.45, 2.75) is 31.7 Å². The minimum absolute atomic E-state index is 0.169. The molecule has 0 spiro atoms. The summed E-state index contributed by atoms with van der Waals surface area (Å²) in [5.74, 6) is -0.0402. The maximum absolute atomic E-state index is 13.3. The standard InChI is InChI=1S/C18H19FN2O3/c19-13-3-4-15-12(10-13)11-16(24-15)18(23)20-8-5-14(6-9-20)21-7-1-2-17(21)22/h3-4,10-11,14H,1-2,5-9H2. The number of benzene rings is 1. The van der Waals surface area contributed by atoms with Crippen LogP contribution in [-0.4, -0.2) is 47.3 Å². The Hall–Kier alpha value is -2.37. The number of carbonyl (C=O) groups excluding carboxylic acids is 2. The Morgan fingerprint density at radius 3 is 2.67 bits per heavy atom. The first-order chi connectivity index (χ1) is 11.6. The highest BCUT2D eigenvalue weighted by atomic mass is 19.1. The summed E-state index contributed by atoms with van der Waals surface area (Å²) in [7, 11) is 0. The molecule has 2 amide bonds. The molecule has 24 heavy (non-hydrogen) atoms. The molecule has 0 unspecified atom stereocenters. The molecule has 2 aliphatic rings. The van der Waals surface area contributed by atoms with E-state index in [2.05, 4.69) is 0 Å². The Bertz CT molecular complexity index is 793. The highest BCUT2D eigenvalue weighted by Gasteiger charge is 2.32. The van der Waals surface area contributed by atoms with Crippen LogP contribution in [-0.2, 0) is 4.79 Å². The molecule has 1 aromatic heterocycles. The van der Waals surface area contributed by atoms with E-state index in [1.165, 1.54) is 18.2 Å². The van der Waals surface area contributed by atoms with E-state index in [-0.39, 0.29) is 29.4 Å². The van der Waals surface area contributed by atoms with Gasteiger partial charge >= 0.3 is 0 Å². The Morgan fingerprint density at radius 1 is 1.17 bits per heavy atom. The molecule has 1 aromatic carbocycles. The third kappa shape index (κ3) is 2.66. The fourth-order valence-electron chi connectivity index (χ4n) is 3.71. The van der Waals surface area contributed by atoms with Gasteiger partial charge in [0.1, 0.15) is 11.4 Å². The minimum Gasteiger partial charge on any atom is -0.451 e. The molecule has 0 saturated carbocycles. The van der Waals surface area contributed by atoms with Crippen molar-refractivity contribution in [2.75, 3.05) is 19.6 Å². The van der Waals surface area contributed by atoms with Gasteiger partial charge in [-0.15, -0.1) is 0 Å². The molecule has 2 aliphatic heterocycles. The third-order valence-electron chi connectivity index (χ3n) is 4.99. The quantitative estimate of drug-likeness (QED) is 0.851. The van der Waals surface area contributed by atoms with Gasteiger partial charge < -0.3 is 14.2 Å². The number of fused-ring (bicyclic) bond motifs is 1. The highest BCUT2D eigenvalue weighted by molar-refractivity contribution is 5.96. The van der Waals surface area contributed by atoms with Crippen LogP contribution in [0.5, 0.6) is 0 Å². The second-order valence-corrected chi connectivity index (χ2v) is 6.51. The van der Waals surface area contributed by atoms with E-state index in [4.69, 9.17) is 4.42 Å². The molecule has 0 aliphatic carbocycles. The number of piperidine rings is 1. The molecule has 0 atom stereocenters. The van der Waals surface area contributed by atoms with Crippen molar-refractivity contribution in [3.05, 3.63) is 35.8 Å². The lowest BCUT2D eigenvalue weighted by atomic mass is 10.0. The zero-order valence-electron chi connectivity index (χ0n) is 13.3. The third-order valence-corrected chi connectivity index (χ3v) is 4.99. The van der Waals surface area contributed by atoms with Crippen molar-refractivity contribution in [1.29, 1.82) is 0 Å². The van der Waals surface area contributed by atoms with E-state index in [1.807, 2.05) is 4.90 Å². The van der Waals surface area contributed by atoms with E-state index in [0.29, 0.717) is 30.5 Å². The topological polar surface area (TPSA) is 53.8 Å². The number of nitrogens with zero attached hydrogens (tertiary/aromatic N) is 2. The van der Waals surface area contributed by atoms with E-state index in [9.17, 15) is 14.0 Å². The molecule has 0 N–H and O–H groups in total. The first-order valence-corrected chi connectivity index (χ1v) is 8.40. The molecule has 5 nitrogen and oxygen atoms in total. The number of hydrogen-bond donors (Lipinski definition) is 0. The van der Waals surface area contributed by atoms with Crippen molar-refractivity contribution in [1.82, 2.24) is 9.80 Å². The zero-order chi connectivity index (χ0) is 16.7. The average Bonchev–Trinajstić information content (AvgIpc) is 3.20. The molecule has 0 bridgehead atoms. The van der Waals surface area contributed by atoms with Crippen molar-refractivity contribution >= 4 is 22.8 Å². The largest absolute Gasteiger partial charge is 0.451 e. The molecule has 4 rings (SSSR count). The van der Waals surface area contributed by atoms with Crippen LogP contribution in [0.1, 0.15) is 36.2 Å². The highest BCUT2D eigenvalue weighted by Crippen LogP contribution is 2.25. The van der Waals surface area contributed by atoms with Gasteiger partial charge in [0.25, 0.3) is 5.91 Å². The number of carbonyl (C=O) groups is 2. The van der Waals surface area contributed by atoms with Gasteiger partial charge in [-0.1, -0.05) is 0 Å². The number of hydrogen-bond acceptors (Lipinski definition) is 3. The van der Waals surface area contributed by atoms with Gasteiger partial charge in [0.05, 0.1) is 0 Å². The maximum atomic E-state index is 13.3. The maximum Gasteiger partial charge on any atom is 0.289 e. The molecule has 126 valence electrons. The summed E-state index contributed by atoms with van der Waals surface area (Å²) in [6, 6.07) is 6.05. The second-order valence-electron chi connectivity index (χ2n) is 6.51. The summed E-state index contributed by atoms with van der Waals surface area (Å²) in [5.41, 5.74) is 0.511. The van der Waals surface area contributed by atoms with Gasteiger partial charge in [-0.05, 0) is 43.5 Å². The summed E-state index contributed by atoms with van der Waals surface area (Å²) in [5, 5.41) is 0.593. The van der Waals surface area contributed by atoms with Gasteiger partial charge in [0, 0.05) is 37.5 Å². The predicted octanol–water partition coefficient (Wildman–Crippen LogP) is 2.80. The fraction of sp³-hybridized carbons (Fsp3) is 0.444. The van der Waals surface area contributed by atoms with E-state index >= 15 is 0 Å². The number of amides is 2. The Balaban J connectivity index is 1.44. The SMILES string of the molecule is O=C(c1cc2cc(F)ccc2o1)N1CCC(N2CCCC2=O)CC1. The van der Waals surface area contributed by atoms with Crippen LogP contribution < -0.4 is 0 Å². The predicted molar refractivity (Wildman–Crippen MR) is 86.0 cm³/mol. The van der Waals surface area contributed by atoms with Gasteiger partial charge in [0.15, 0.2) is 5.76 Å². The fourth-order valence-corrected chi connectivity index (χ4v) is 3.71. The molecule has 3 heterocycles. The summed E-state index contributed by atoms with van der Waals surface area (Å²) in [4.78, 5) is 28.2. The van der Waals surface area contributed by atoms with Crippen LogP contribution in [0.2, 0.25) is 0 Å². The minimum atomic E-state index is -0.349. The first-order valence-electron chi connectivity index (χ1n) is 8.40. The van der Waals surface area contributed by atoms with Gasteiger partial charge in [-0.3, -0.25) is 9.59 Å². The lowest BCUT2D eigenvalue weighted by Gasteiger charge is -2.36. The second kappa shape index (κ2) is 5.92. The van der Waals surface area contributed by atoms with Gasteiger partial charge in [0.2, 0.25) is 5.91 Å². The van der Waals surface area contributed by atoms with Crippen molar-refractivity contribution in [3.8, 4) is 0 Å². The first kappa shape index (κ1) is 15.2. The van der Waals surface area contributed by atoms with Crippen LogP contribution >= 0.6 is 0 Å². The molecule has 2 aromatic rings. The van der Waals surface area contributed by atoms with E-state index in [0.717, 1.165) is 25.8 Å². The Labute approximate surface area is 139 Å². The Morgan fingerprint density at radius 2 is 1.96 bits per heavy atom. The molecule has 0 radical (unpaired) electrons. The summed E-state index contributed by atoms with van der Waals surface area (Å²) in [6.07, 6.45) is 3.18. The van der Waals surface area contributed by atoms with Crippen LogP contribution in [0.4, 0.5) is 4.39 Å². The Kier molecular flexibility index (Phi) is 3.75. The van der Waals surface area contributed by atoms with Crippen molar-refractivity contribution in [3.63, 3.8) is 0 Å². The van der Waals surface area contributed by atoms with Crippen molar-refractivity contribution in [2.24, 2.45) is 0 Å². The smallest absolute Gasteiger partial charge is 0.289 e. The van der Waals surface area contributed by atoms with Crippen LogP contribution in [0.25, 0.3) is 11.0 Å². The number of halogens is 1. The van der Waals surface area contributed by atoms with Crippen molar-refractivity contribution < 1.29 is 18.4 Å². The normalized spacial score (nSPS) is 19.5. The number of rotatable bonds is 2. The van der Waals surface area contributed by atoms with E-state index < -0.39 is 0 Å². The summed E-state index contributed by atoms with van der Waals surface area (Å²) >= 11 is 0. The number of furan rings is 1. The monoisotopic (exact) mass is 330 g/mol. The van der Waals surface area contributed by atoms with Crippen LogP contribution in [0.3, 0.4) is 0 Å². The summed E-state index contributed by atoms with van der Waals surface area (Å²) in [6.45, 7) is 2.06. The van der Waals surface area contributed by atoms with Crippen LogP contribution in [0, 0.1) is 5.82 Å². The number of likely N-dealkylation sites (tertiary alicyclic amines) is 2. The van der Waals surface area contributed by atoms with Gasteiger partial charge in [-0.25, -0.2) is 4.39 Å².